The van der Waals surface area contributed by atoms with Gasteiger partial charge in [-0.15, -0.1) is 0 Å². The Balaban J connectivity index is 1.41. The van der Waals surface area contributed by atoms with Crippen molar-refractivity contribution in [3.05, 3.63) is 71.0 Å². The number of carbonyl (C=O) groups excluding carboxylic acids is 1. The molecule has 2 bridgehead atoms. The van der Waals surface area contributed by atoms with Crippen molar-refractivity contribution in [3.8, 4) is 0 Å². The van der Waals surface area contributed by atoms with Gasteiger partial charge >= 0.3 is 12.1 Å². The van der Waals surface area contributed by atoms with E-state index in [0.717, 1.165) is 21.6 Å². The van der Waals surface area contributed by atoms with Crippen molar-refractivity contribution < 1.29 is 22.7 Å². The fourth-order valence-electron chi connectivity index (χ4n) is 5.04. The average Bonchev–Trinajstić information content (AvgIpc) is 2.74. The SMILES string of the molecule is O=C(O[C@@H]1CN2CCC1CC2(F)F)N1CCc2ccccc2[C@@H]1c1ccc(F)cc1. The zero-order chi connectivity index (χ0) is 20.9. The third-order valence-electron chi connectivity index (χ3n) is 6.62. The van der Waals surface area contributed by atoms with Crippen molar-refractivity contribution in [3.63, 3.8) is 0 Å². The number of hydrogen-bond acceptors (Lipinski definition) is 3. The molecule has 6 rings (SSSR count). The largest absolute Gasteiger partial charge is 0.444 e. The molecule has 4 atom stereocenters. The summed E-state index contributed by atoms with van der Waals surface area (Å²) in [5.74, 6) is -0.666. The molecule has 0 N–H and O–H groups in total. The summed E-state index contributed by atoms with van der Waals surface area (Å²) in [6.45, 7) is 0.852. The van der Waals surface area contributed by atoms with Crippen molar-refractivity contribution in [2.75, 3.05) is 19.6 Å². The van der Waals surface area contributed by atoms with Gasteiger partial charge < -0.3 is 4.74 Å². The van der Waals surface area contributed by atoms with Crippen LogP contribution in [0.1, 0.15) is 35.6 Å². The minimum atomic E-state index is -2.81. The molecule has 3 saturated heterocycles. The van der Waals surface area contributed by atoms with Gasteiger partial charge in [0.25, 0.3) is 0 Å². The number of rotatable bonds is 2. The van der Waals surface area contributed by atoms with Gasteiger partial charge in [0.15, 0.2) is 0 Å². The first-order chi connectivity index (χ1) is 14.4. The van der Waals surface area contributed by atoms with Gasteiger partial charge in [0.1, 0.15) is 11.9 Å². The molecule has 1 amide bonds. The highest BCUT2D eigenvalue weighted by atomic mass is 19.3. The number of nitrogens with zero attached hydrogens (tertiary/aromatic N) is 2. The Labute approximate surface area is 173 Å². The first-order valence-electron chi connectivity index (χ1n) is 10.4. The van der Waals surface area contributed by atoms with Crippen LogP contribution in [0.5, 0.6) is 0 Å². The number of piperidine rings is 3. The normalized spacial score (nSPS) is 29.4. The molecule has 2 unspecified atom stereocenters. The van der Waals surface area contributed by atoms with E-state index in [1.54, 1.807) is 17.0 Å². The van der Waals surface area contributed by atoms with Gasteiger partial charge in [-0.05, 0) is 41.7 Å². The Bertz CT molecular complexity index is 950. The third kappa shape index (κ3) is 3.35. The number of ether oxygens (including phenoxy) is 1. The first-order valence-corrected chi connectivity index (χ1v) is 10.4. The van der Waals surface area contributed by atoms with Crippen LogP contribution in [0.25, 0.3) is 0 Å². The maximum Gasteiger partial charge on any atom is 0.410 e. The summed E-state index contributed by atoms with van der Waals surface area (Å²) in [5, 5.41) is 0. The molecule has 2 aromatic rings. The zero-order valence-corrected chi connectivity index (χ0v) is 16.4. The second-order valence-electron chi connectivity index (χ2n) is 8.38. The zero-order valence-electron chi connectivity index (χ0n) is 16.4. The number of benzene rings is 2. The van der Waals surface area contributed by atoms with Crippen LogP contribution in [0.4, 0.5) is 18.0 Å². The van der Waals surface area contributed by atoms with Gasteiger partial charge in [0, 0.05) is 32.0 Å². The summed E-state index contributed by atoms with van der Waals surface area (Å²) in [5.41, 5.74) is 2.91. The van der Waals surface area contributed by atoms with Gasteiger partial charge in [-0.25, -0.2) is 14.1 Å². The first kappa shape index (κ1) is 19.4. The molecule has 4 aliphatic heterocycles. The number of halogens is 3. The fourth-order valence-corrected chi connectivity index (χ4v) is 5.04. The van der Waals surface area contributed by atoms with E-state index >= 15 is 0 Å². The molecule has 3 fully saturated rings. The Morgan fingerprint density at radius 1 is 1.07 bits per heavy atom. The summed E-state index contributed by atoms with van der Waals surface area (Å²) in [6, 6.07) is 10.8. The molecule has 4 heterocycles. The van der Waals surface area contributed by atoms with Gasteiger partial charge in [-0.3, -0.25) is 4.90 Å². The van der Waals surface area contributed by atoms with Crippen LogP contribution in [-0.4, -0.2) is 47.7 Å². The molecule has 0 aliphatic carbocycles. The van der Waals surface area contributed by atoms with Crippen molar-refractivity contribution in [1.29, 1.82) is 0 Å². The molecular weight excluding hydrogens is 393 g/mol. The lowest BCUT2D eigenvalue weighted by atomic mass is 9.84. The van der Waals surface area contributed by atoms with E-state index < -0.39 is 24.3 Å². The Morgan fingerprint density at radius 2 is 1.83 bits per heavy atom. The fraction of sp³-hybridized carbons (Fsp3) is 0.435. The van der Waals surface area contributed by atoms with Crippen molar-refractivity contribution in [2.24, 2.45) is 5.92 Å². The van der Waals surface area contributed by atoms with E-state index in [0.29, 0.717) is 25.9 Å². The molecular formula is C23H23F3N2O2. The van der Waals surface area contributed by atoms with Crippen LogP contribution in [0.3, 0.4) is 0 Å². The number of carbonyl (C=O) groups is 1. The Hall–Kier alpha value is -2.54. The smallest absolute Gasteiger partial charge is 0.410 e. The molecule has 0 aromatic heterocycles. The Morgan fingerprint density at radius 3 is 2.53 bits per heavy atom. The summed E-state index contributed by atoms with van der Waals surface area (Å²) in [7, 11) is 0. The van der Waals surface area contributed by atoms with Crippen LogP contribution in [0.15, 0.2) is 48.5 Å². The van der Waals surface area contributed by atoms with E-state index in [1.165, 1.54) is 12.1 Å². The van der Waals surface area contributed by atoms with Crippen LogP contribution in [-0.2, 0) is 11.2 Å². The van der Waals surface area contributed by atoms with Gasteiger partial charge in [-0.1, -0.05) is 36.4 Å². The molecule has 0 radical (unpaired) electrons. The number of fused-ring (bicyclic) bond motifs is 4. The van der Waals surface area contributed by atoms with Crippen molar-refractivity contribution in [1.82, 2.24) is 9.80 Å². The molecule has 2 aromatic carbocycles. The van der Waals surface area contributed by atoms with E-state index in [9.17, 15) is 18.0 Å². The minimum Gasteiger partial charge on any atom is -0.444 e. The predicted molar refractivity (Wildman–Crippen MR) is 105 cm³/mol. The second-order valence-corrected chi connectivity index (χ2v) is 8.38. The highest BCUT2D eigenvalue weighted by Gasteiger charge is 2.52. The number of alkyl halides is 2. The summed E-state index contributed by atoms with van der Waals surface area (Å²) in [4.78, 5) is 16.0. The number of amides is 1. The van der Waals surface area contributed by atoms with Crippen LogP contribution in [0.2, 0.25) is 0 Å². The molecule has 4 aliphatic rings. The monoisotopic (exact) mass is 416 g/mol. The van der Waals surface area contributed by atoms with Gasteiger partial charge in [0.05, 0.1) is 6.04 Å². The molecule has 0 saturated carbocycles. The quantitative estimate of drug-likeness (QED) is 0.671. The topological polar surface area (TPSA) is 32.8 Å². The minimum absolute atomic E-state index is 0.0645. The predicted octanol–water partition coefficient (Wildman–Crippen LogP) is 4.60. The van der Waals surface area contributed by atoms with Gasteiger partial charge in [0.2, 0.25) is 0 Å². The molecule has 7 heteroatoms. The molecule has 158 valence electrons. The molecule has 4 nitrogen and oxygen atoms in total. The van der Waals surface area contributed by atoms with E-state index in [-0.39, 0.29) is 24.7 Å². The standard InChI is InChI=1S/C23H23F3N2O2/c24-18-7-5-16(6-8-18)21-19-4-2-1-3-15(19)10-12-28(21)22(29)30-20-14-27-11-9-17(20)13-23(27,25)26/h1-8,17,20-21H,9-14H2/t17?,20-,21+/m1/s1. The summed E-state index contributed by atoms with van der Waals surface area (Å²) in [6.07, 6.45) is -0.00779. The lowest BCUT2D eigenvalue weighted by Gasteiger charge is -2.49. The maximum absolute atomic E-state index is 14.0. The molecule has 30 heavy (non-hydrogen) atoms. The summed E-state index contributed by atoms with van der Waals surface area (Å²) >= 11 is 0. The second kappa shape index (κ2) is 7.30. The maximum atomic E-state index is 14.0. The average molecular weight is 416 g/mol. The third-order valence-corrected chi connectivity index (χ3v) is 6.62. The lowest BCUT2D eigenvalue weighted by molar-refractivity contribution is -0.232. The highest BCUT2D eigenvalue weighted by Crippen LogP contribution is 2.43. The van der Waals surface area contributed by atoms with E-state index in [1.807, 2.05) is 24.3 Å². The van der Waals surface area contributed by atoms with Gasteiger partial charge in [-0.2, -0.15) is 8.78 Å². The van der Waals surface area contributed by atoms with E-state index in [2.05, 4.69) is 0 Å². The van der Waals surface area contributed by atoms with E-state index in [4.69, 9.17) is 4.74 Å². The highest BCUT2D eigenvalue weighted by molar-refractivity contribution is 5.70. The summed E-state index contributed by atoms with van der Waals surface area (Å²) < 4.78 is 47.3. The van der Waals surface area contributed by atoms with Crippen molar-refractivity contribution >= 4 is 6.09 Å². The number of hydrogen-bond donors (Lipinski definition) is 0. The lowest BCUT2D eigenvalue weighted by Crippen LogP contribution is -2.60. The Kier molecular flexibility index (Phi) is 4.73. The molecule has 0 spiro atoms. The van der Waals surface area contributed by atoms with Crippen LogP contribution in [0, 0.1) is 11.7 Å². The van der Waals surface area contributed by atoms with Crippen LogP contribution >= 0.6 is 0 Å². The van der Waals surface area contributed by atoms with Crippen molar-refractivity contribution in [2.45, 2.75) is 37.5 Å². The van der Waals surface area contributed by atoms with Crippen LogP contribution < -0.4 is 0 Å².